The fraction of sp³-hybridized carbons (Fsp3) is 0.538. The van der Waals surface area contributed by atoms with Gasteiger partial charge in [0.1, 0.15) is 22.9 Å². The molecule has 0 bridgehead atoms. The third-order valence-corrected chi connectivity index (χ3v) is 2.57. The van der Waals surface area contributed by atoms with Crippen LogP contribution in [0.15, 0.2) is 12.1 Å². The minimum Gasteiger partial charge on any atom is -0.496 e. The largest absolute Gasteiger partial charge is 0.496 e. The summed E-state index contributed by atoms with van der Waals surface area (Å²) in [6, 6.07) is 3.66. The van der Waals surface area contributed by atoms with Crippen molar-refractivity contribution in [3.63, 3.8) is 0 Å². The van der Waals surface area contributed by atoms with Crippen LogP contribution in [0.2, 0.25) is 0 Å². The molecule has 0 saturated heterocycles. The van der Waals surface area contributed by atoms with E-state index >= 15 is 0 Å². The summed E-state index contributed by atoms with van der Waals surface area (Å²) in [5.74, 6) is 2.13. The molecule has 0 heterocycles. The van der Waals surface area contributed by atoms with Gasteiger partial charge in [-0.15, -0.1) is 0 Å². The molecule has 1 aromatic carbocycles. The van der Waals surface area contributed by atoms with Gasteiger partial charge in [0.25, 0.3) is 0 Å². The maximum Gasteiger partial charge on any atom is 0.149 e. The molecule has 0 aliphatic rings. The Morgan fingerprint density at radius 1 is 0.944 bits per heavy atom. The van der Waals surface area contributed by atoms with E-state index in [0.29, 0.717) is 17.2 Å². The molecular formula is C13H22N2O3. The number of likely N-dealkylation sites (N-methyl/N-ethyl adjacent to an activating group) is 1. The van der Waals surface area contributed by atoms with E-state index in [9.17, 15) is 0 Å². The molecular weight excluding hydrogens is 232 g/mol. The van der Waals surface area contributed by atoms with Gasteiger partial charge in [-0.05, 0) is 6.54 Å². The van der Waals surface area contributed by atoms with E-state index in [0.717, 1.165) is 25.3 Å². The minimum atomic E-state index is 0.709. The van der Waals surface area contributed by atoms with Gasteiger partial charge in [0, 0.05) is 25.2 Å². The highest BCUT2D eigenvalue weighted by molar-refractivity contribution is 5.68. The summed E-state index contributed by atoms with van der Waals surface area (Å²) < 4.78 is 15.9. The molecule has 5 heteroatoms. The molecule has 0 radical (unpaired) electrons. The SMILES string of the molecule is CCNCCNc1c(OC)cc(OC)cc1OC. The molecule has 0 unspecified atom stereocenters. The van der Waals surface area contributed by atoms with Crippen molar-refractivity contribution in [3.05, 3.63) is 12.1 Å². The third-order valence-electron chi connectivity index (χ3n) is 2.57. The van der Waals surface area contributed by atoms with Crippen molar-refractivity contribution in [1.29, 1.82) is 0 Å². The van der Waals surface area contributed by atoms with Gasteiger partial charge >= 0.3 is 0 Å². The van der Waals surface area contributed by atoms with Crippen molar-refractivity contribution in [1.82, 2.24) is 5.32 Å². The first-order valence-electron chi connectivity index (χ1n) is 6.01. The molecule has 0 fully saturated rings. The van der Waals surface area contributed by atoms with Crippen LogP contribution >= 0.6 is 0 Å². The Hall–Kier alpha value is -1.62. The van der Waals surface area contributed by atoms with Gasteiger partial charge in [-0.3, -0.25) is 0 Å². The van der Waals surface area contributed by atoms with Crippen LogP contribution in [0.25, 0.3) is 0 Å². The van der Waals surface area contributed by atoms with Crippen LogP contribution in [0, 0.1) is 0 Å². The fourth-order valence-electron chi connectivity index (χ4n) is 1.63. The molecule has 0 aromatic heterocycles. The zero-order valence-electron chi connectivity index (χ0n) is 11.5. The maximum atomic E-state index is 5.34. The standard InChI is InChI=1S/C13H22N2O3/c1-5-14-6-7-15-13-11(17-3)8-10(16-2)9-12(13)18-4/h8-9,14-15H,5-7H2,1-4H3. The van der Waals surface area contributed by atoms with E-state index in [4.69, 9.17) is 14.2 Å². The lowest BCUT2D eigenvalue weighted by Crippen LogP contribution is -2.22. The first-order chi connectivity index (χ1) is 8.76. The van der Waals surface area contributed by atoms with Crippen LogP contribution in [-0.2, 0) is 0 Å². The molecule has 0 amide bonds. The number of ether oxygens (including phenoxy) is 3. The smallest absolute Gasteiger partial charge is 0.149 e. The van der Waals surface area contributed by atoms with Gasteiger partial charge in [0.15, 0.2) is 0 Å². The first kappa shape index (κ1) is 14.4. The average molecular weight is 254 g/mol. The fourth-order valence-corrected chi connectivity index (χ4v) is 1.63. The Balaban J connectivity index is 2.85. The van der Waals surface area contributed by atoms with E-state index < -0.39 is 0 Å². The molecule has 18 heavy (non-hydrogen) atoms. The first-order valence-corrected chi connectivity index (χ1v) is 6.01. The number of anilines is 1. The van der Waals surface area contributed by atoms with Crippen LogP contribution in [0.5, 0.6) is 17.2 Å². The Morgan fingerprint density at radius 2 is 1.56 bits per heavy atom. The second kappa shape index (κ2) is 7.66. The van der Waals surface area contributed by atoms with Crippen molar-refractivity contribution in [2.45, 2.75) is 6.92 Å². The summed E-state index contributed by atoms with van der Waals surface area (Å²) in [4.78, 5) is 0. The normalized spacial score (nSPS) is 10.0. The molecule has 0 saturated carbocycles. The highest BCUT2D eigenvalue weighted by Crippen LogP contribution is 2.38. The molecule has 0 aliphatic heterocycles. The molecule has 0 aliphatic carbocycles. The predicted molar refractivity (Wildman–Crippen MR) is 73.1 cm³/mol. The Bertz CT molecular complexity index is 344. The zero-order chi connectivity index (χ0) is 13.4. The third kappa shape index (κ3) is 3.70. The van der Waals surface area contributed by atoms with E-state index in [1.54, 1.807) is 21.3 Å². The monoisotopic (exact) mass is 254 g/mol. The lowest BCUT2D eigenvalue weighted by molar-refractivity contribution is 0.377. The zero-order valence-corrected chi connectivity index (χ0v) is 11.5. The highest BCUT2D eigenvalue weighted by atomic mass is 16.5. The molecule has 1 rings (SSSR count). The maximum absolute atomic E-state index is 5.34. The van der Waals surface area contributed by atoms with Crippen molar-refractivity contribution >= 4 is 5.69 Å². The van der Waals surface area contributed by atoms with Crippen LogP contribution in [0.4, 0.5) is 5.69 Å². The minimum absolute atomic E-state index is 0.709. The predicted octanol–water partition coefficient (Wildman–Crippen LogP) is 1.73. The number of hydrogen-bond donors (Lipinski definition) is 2. The van der Waals surface area contributed by atoms with E-state index in [1.807, 2.05) is 12.1 Å². The van der Waals surface area contributed by atoms with Crippen molar-refractivity contribution in [2.75, 3.05) is 46.3 Å². The average Bonchev–Trinajstić information content (AvgIpc) is 2.42. The Labute approximate surface area is 108 Å². The molecule has 1 aromatic rings. The van der Waals surface area contributed by atoms with Gasteiger partial charge < -0.3 is 24.8 Å². The van der Waals surface area contributed by atoms with Crippen molar-refractivity contribution in [3.8, 4) is 17.2 Å². The van der Waals surface area contributed by atoms with E-state index in [1.165, 1.54) is 0 Å². The van der Waals surface area contributed by atoms with Crippen molar-refractivity contribution < 1.29 is 14.2 Å². The van der Waals surface area contributed by atoms with Gasteiger partial charge in [0.05, 0.1) is 21.3 Å². The summed E-state index contributed by atoms with van der Waals surface area (Å²) in [7, 11) is 4.87. The lowest BCUT2D eigenvalue weighted by Gasteiger charge is -2.16. The van der Waals surface area contributed by atoms with Crippen LogP contribution in [0.3, 0.4) is 0 Å². The van der Waals surface area contributed by atoms with Gasteiger partial charge in [-0.2, -0.15) is 0 Å². The molecule has 2 N–H and O–H groups in total. The second-order valence-electron chi connectivity index (χ2n) is 3.69. The number of nitrogens with one attached hydrogen (secondary N) is 2. The summed E-state index contributed by atoms with van der Waals surface area (Å²) in [6.07, 6.45) is 0. The Morgan fingerprint density at radius 3 is 2.00 bits per heavy atom. The molecule has 102 valence electrons. The van der Waals surface area contributed by atoms with Gasteiger partial charge in [-0.25, -0.2) is 0 Å². The van der Waals surface area contributed by atoms with E-state index in [-0.39, 0.29) is 0 Å². The summed E-state index contributed by atoms with van der Waals surface area (Å²) in [5, 5.41) is 6.55. The van der Waals surface area contributed by atoms with Gasteiger partial charge in [0.2, 0.25) is 0 Å². The topological polar surface area (TPSA) is 51.8 Å². The van der Waals surface area contributed by atoms with Crippen LogP contribution in [0.1, 0.15) is 6.92 Å². The van der Waals surface area contributed by atoms with Gasteiger partial charge in [-0.1, -0.05) is 6.92 Å². The second-order valence-corrected chi connectivity index (χ2v) is 3.69. The molecule has 5 nitrogen and oxygen atoms in total. The highest BCUT2D eigenvalue weighted by Gasteiger charge is 2.12. The van der Waals surface area contributed by atoms with Crippen molar-refractivity contribution in [2.24, 2.45) is 0 Å². The Kier molecular flexibility index (Phi) is 6.14. The summed E-state index contributed by atoms with van der Waals surface area (Å²) >= 11 is 0. The summed E-state index contributed by atoms with van der Waals surface area (Å²) in [5.41, 5.74) is 0.846. The molecule has 0 atom stereocenters. The number of rotatable bonds is 8. The lowest BCUT2D eigenvalue weighted by atomic mass is 10.2. The van der Waals surface area contributed by atoms with E-state index in [2.05, 4.69) is 17.6 Å². The number of benzene rings is 1. The summed E-state index contributed by atoms with van der Waals surface area (Å²) in [6.45, 7) is 4.72. The quantitative estimate of drug-likeness (QED) is 0.692. The molecule has 0 spiro atoms. The van der Waals surface area contributed by atoms with Crippen LogP contribution < -0.4 is 24.8 Å². The number of hydrogen-bond acceptors (Lipinski definition) is 5. The number of methoxy groups -OCH3 is 3. The van der Waals surface area contributed by atoms with Crippen LogP contribution in [-0.4, -0.2) is 41.0 Å².